The van der Waals surface area contributed by atoms with Gasteiger partial charge in [0.2, 0.25) is 0 Å². The van der Waals surface area contributed by atoms with E-state index in [0.29, 0.717) is 10.6 Å². The molecule has 0 atom stereocenters. The first-order valence-electron chi connectivity index (χ1n) is 6.18. The van der Waals surface area contributed by atoms with Crippen molar-refractivity contribution in [3.05, 3.63) is 47.6 Å². The third-order valence-electron chi connectivity index (χ3n) is 2.86. The minimum atomic E-state index is -0.406. The number of hydrogen-bond donors (Lipinski definition) is 1. The molecule has 1 aromatic heterocycles. The molecule has 0 saturated carbocycles. The van der Waals surface area contributed by atoms with Crippen molar-refractivity contribution in [3.63, 3.8) is 0 Å². The number of hydrogen-bond acceptors (Lipinski definition) is 3. The largest absolute Gasteiger partial charge is 0.461 e. The topological polar surface area (TPSA) is 59.2 Å². The summed E-state index contributed by atoms with van der Waals surface area (Å²) < 4.78 is 4.83. The molecule has 4 nitrogen and oxygen atoms in total. The van der Waals surface area contributed by atoms with Crippen LogP contribution < -0.4 is 0 Å². The molecule has 5 heteroatoms. The van der Waals surface area contributed by atoms with Gasteiger partial charge in [0.25, 0.3) is 0 Å². The fraction of sp³-hybridized carbons (Fsp3) is 0.200. The first kappa shape index (κ1) is 14.3. The lowest BCUT2D eigenvalue weighted by molar-refractivity contribution is -0.142. The van der Waals surface area contributed by atoms with Crippen molar-refractivity contribution in [2.24, 2.45) is 0 Å². The predicted octanol–water partition coefficient (Wildman–Crippen LogP) is 3.51. The van der Waals surface area contributed by atoms with Gasteiger partial charge in [-0.3, -0.25) is 9.59 Å². The van der Waals surface area contributed by atoms with E-state index in [1.165, 1.54) is 6.08 Å². The molecular formula is C15H14ClNO3. The van der Waals surface area contributed by atoms with Crippen molar-refractivity contribution in [2.45, 2.75) is 12.8 Å². The zero-order valence-corrected chi connectivity index (χ0v) is 11.6. The number of fused-ring (bicyclic) bond motifs is 1. The second-order valence-electron chi connectivity index (χ2n) is 4.29. The van der Waals surface area contributed by atoms with Gasteiger partial charge in [-0.25, -0.2) is 0 Å². The lowest BCUT2D eigenvalue weighted by Gasteiger charge is -2.01. The second-order valence-corrected chi connectivity index (χ2v) is 4.72. The van der Waals surface area contributed by atoms with E-state index in [9.17, 15) is 9.59 Å². The summed E-state index contributed by atoms with van der Waals surface area (Å²) in [4.78, 5) is 26.5. The summed E-state index contributed by atoms with van der Waals surface area (Å²) in [5.41, 5.74) is 1.38. The fourth-order valence-electron chi connectivity index (χ4n) is 1.90. The third kappa shape index (κ3) is 3.27. The lowest BCUT2D eigenvalue weighted by atomic mass is 10.1. The molecule has 1 aromatic carbocycles. The first-order valence-corrected chi connectivity index (χ1v) is 6.56. The molecule has 0 aliphatic heterocycles. The van der Waals surface area contributed by atoms with Gasteiger partial charge in [-0.05, 0) is 18.2 Å². The van der Waals surface area contributed by atoms with E-state index in [0.717, 1.165) is 10.9 Å². The Kier molecular flexibility index (Phi) is 4.58. The molecule has 0 aliphatic rings. The highest BCUT2D eigenvalue weighted by Gasteiger charge is 2.14. The summed E-state index contributed by atoms with van der Waals surface area (Å²) in [5.74, 6) is -0.523. The van der Waals surface area contributed by atoms with Gasteiger partial charge in [0.15, 0.2) is 5.78 Å². The molecule has 1 heterocycles. The quantitative estimate of drug-likeness (QED) is 0.503. The third-order valence-corrected chi connectivity index (χ3v) is 3.10. The zero-order valence-electron chi connectivity index (χ0n) is 10.8. The number of rotatable bonds is 6. The van der Waals surface area contributed by atoms with Crippen LogP contribution >= 0.6 is 11.6 Å². The number of aromatic nitrogens is 1. The smallest absolute Gasteiger partial charge is 0.306 e. The van der Waals surface area contributed by atoms with Crippen LogP contribution in [0.5, 0.6) is 0 Å². The summed E-state index contributed by atoms with van der Waals surface area (Å²) in [7, 11) is 0. The van der Waals surface area contributed by atoms with E-state index in [4.69, 9.17) is 16.3 Å². The second kappa shape index (κ2) is 6.39. The SMILES string of the molecule is C=CCOC(=O)CCC(=O)c1c[nH]c2ccc(Cl)cc12. The molecule has 0 radical (unpaired) electrons. The maximum atomic E-state index is 12.1. The van der Waals surface area contributed by atoms with Crippen LogP contribution in [-0.4, -0.2) is 23.3 Å². The van der Waals surface area contributed by atoms with Gasteiger partial charge in [-0.1, -0.05) is 24.3 Å². The minimum absolute atomic E-state index is 0.0555. The van der Waals surface area contributed by atoms with Gasteiger partial charge in [-0.2, -0.15) is 0 Å². The molecule has 104 valence electrons. The maximum absolute atomic E-state index is 12.1. The molecule has 0 bridgehead atoms. The number of benzene rings is 1. The van der Waals surface area contributed by atoms with E-state index < -0.39 is 5.97 Å². The fourth-order valence-corrected chi connectivity index (χ4v) is 2.07. The molecular weight excluding hydrogens is 278 g/mol. The average Bonchev–Trinajstić information content (AvgIpc) is 2.85. The molecule has 2 aromatic rings. The van der Waals surface area contributed by atoms with E-state index >= 15 is 0 Å². The van der Waals surface area contributed by atoms with Crippen LogP contribution in [0.1, 0.15) is 23.2 Å². The van der Waals surface area contributed by atoms with E-state index in [1.54, 1.807) is 18.3 Å². The normalized spacial score (nSPS) is 10.4. The van der Waals surface area contributed by atoms with Crippen molar-refractivity contribution in [3.8, 4) is 0 Å². The van der Waals surface area contributed by atoms with Gasteiger partial charge in [0, 0.05) is 34.1 Å². The Morgan fingerprint density at radius 1 is 1.35 bits per heavy atom. The van der Waals surface area contributed by atoms with Gasteiger partial charge in [0.05, 0.1) is 6.42 Å². The van der Waals surface area contributed by atoms with Crippen LogP contribution in [0.25, 0.3) is 10.9 Å². The highest BCUT2D eigenvalue weighted by Crippen LogP contribution is 2.23. The van der Waals surface area contributed by atoms with Crippen LogP contribution in [0.4, 0.5) is 0 Å². The number of nitrogens with one attached hydrogen (secondary N) is 1. The Morgan fingerprint density at radius 2 is 2.15 bits per heavy atom. The molecule has 0 fully saturated rings. The lowest BCUT2D eigenvalue weighted by Crippen LogP contribution is -2.08. The molecule has 0 spiro atoms. The van der Waals surface area contributed by atoms with Crippen molar-refractivity contribution in [1.29, 1.82) is 0 Å². The van der Waals surface area contributed by atoms with Crippen molar-refractivity contribution in [1.82, 2.24) is 4.98 Å². The van der Waals surface area contributed by atoms with Gasteiger partial charge < -0.3 is 9.72 Å². The summed E-state index contributed by atoms with van der Waals surface area (Å²) in [6, 6.07) is 5.30. The summed E-state index contributed by atoms with van der Waals surface area (Å²) >= 11 is 5.93. The van der Waals surface area contributed by atoms with Crippen molar-refractivity contribution >= 4 is 34.3 Å². The summed E-state index contributed by atoms with van der Waals surface area (Å²) in [5, 5.41) is 1.33. The molecule has 0 amide bonds. The Labute approximate surface area is 121 Å². The number of halogens is 1. The molecule has 0 unspecified atom stereocenters. The highest BCUT2D eigenvalue weighted by atomic mass is 35.5. The van der Waals surface area contributed by atoms with E-state index in [-0.39, 0.29) is 25.2 Å². The number of aromatic amines is 1. The summed E-state index contributed by atoms with van der Waals surface area (Å²) in [6.07, 6.45) is 3.29. The van der Waals surface area contributed by atoms with Crippen LogP contribution in [0.2, 0.25) is 5.02 Å². The van der Waals surface area contributed by atoms with Crippen molar-refractivity contribution in [2.75, 3.05) is 6.61 Å². The number of ether oxygens (including phenoxy) is 1. The average molecular weight is 292 g/mol. The molecule has 1 N–H and O–H groups in total. The highest BCUT2D eigenvalue weighted by molar-refractivity contribution is 6.31. The van der Waals surface area contributed by atoms with Crippen molar-refractivity contribution < 1.29 is 14.3 Å². The first-order chi connectivity index (χ1) is 9.61. The minimum Gasteiger partial charge on any atom is -0.461 e. The molecule has 0 aliphatic carbocycles. The van der Waals surface area contributed by atoms with E-state index in [2.05, 4.69) is 11.6 Å². The number of esters is 1. The molecule has 2 rings (SSSR count). The van der Waals surface area contributed by atoms with E-state index in [1.807, 2.05) is 6.07 Å². The number of Topliss-reactive ketones (excluding diaryl/α,β-unsaturated/α-hetero) is 1. The van der Waals surface area contributed by atoms with Crippen LogP contribution in [-0.2, 0) is 9.53 Å². The number of ketones is 1. The molecule has 20 heavy (non-hydrogen) atoms. The van der Waals surface area contributed by atoms with Crippen LogP contribution in [0.3, 0.4) is 0 Å². The Bertz CT molecular complexity index is 660. The number of carbonyl (C=O) groups is 2. The van der Waals surface area contributed by atoms with Gasteiger partial charge in [0.1, 0.15) is 6.61 Å². The van der Waals surface area contributed by atoms with Crippen LogP contribution in [0.15, 0.2) is 37.1 Å². The Balaban J connectivity index is 2.06. The number of H-pyrrole nitrogens is 1. The maximum Gasteiger partial charge on any atom is 0.306 e. The standard InChI is InChI=1S/C15H14ClNO3/c1-2-7-20-15(19)6-5-14(18)12-9-17-13-4-3-10(16)8-11(12)13/h2-4,8-9,17H,1,5-7H2. The zero-order chi connectivity index (χ0) is 14.5. The Morgan fingerprint density at radius 3 is 2.90 bits per heavy atom. The number of carbonyl (C=O) groups excluding carboxylic acids is 2. The van der Waals surface area contributed by atoms with Crippen LogP contribution in [0, 0.1) is 0 Å². The Hall–Kier alpha value is -2.07. The summed E-state index contributed by atoms with van der Waals surface area (Å²) in [6.45, 7) is 3.61. The van der Waals surface area contributed by atoms with Gasteiger partial charge >= 0.3 is 5.97 Å². The molecule has 0 saturated heterocycles. The monoisotopic (exact) mass is 291 g/mol. The van der Waals surface area contributed by atoms with Gasteiger partial charge in [-0.15, -0.1) is 0 Å². The predicted molar refractivity (Wildman–Crippen MR) is 78.0 cm³/mol.